The van der Waals surface area contributed by atoms with Crippen LogP contribution in [0.1, 0.15) is 6.42 Å². The fourth-order valence-corrected chi connectivity index (χ4v) is 0.194. The van der Waals surface area contributed by atoms with E-state index in [9.17, 15) is 0 Å². The van der Waals surface area contributed by atoms with Crippen LogP contribution < -0.4 is 0 Å². The second-order valence-electron chi connectivity index (χ2n) is 1.13. The summed E-state index contributed by atoms with van der Waals surface area (Å²) in [5.74, 6) is 0. The molecule has 0 spiro atoms. The van der Waals surface area contributed by atoms with Gasteiger partial charge < -0.3 is 14.9 Å². The highest BCUT2D eigenvalue weighted by atomic mass is 16.6. The van der Waals surface area contributed by atoms with Crippen LogP contribution in [0.5, 0.6) is 0 Å². The van der Waals surface area contributed by atoms with Crippen molar-refractivity contribution in [1.82, 2.24) is 0 Å². The van der Waals surface area contributed by atoms with Crippen molar-refractivity contribution in [3.63, 3.8) is 0 Å². The van der Waals surface area contributed by atoms with Gasteiger partial charge in [0.2, 0.25) is 0 Å². The lowest BCUT2D eigenvalue weighted by molar-refractivity contribution is -0.0673. The Morgan fingerprint density at radius 1 is 1.71 bits per heavy atom. The fraction of sp³-hybridized carbons (Fsp3) is 0.750. The maximum Gasteiger partial charge on any atom is 0.156 e. The molecule has 0 aliphatic rings. The van der Waals surface area contributed by atoms with Crippen LogP contribution in [-0.4, -0.2) is 23.1 Å². The minimum absolute atomic E-state index is 0.0727. The van der Waals surface area contributed by atoms with E-state index in [0.717, 1.165) is 0 Å². The normalized spacial score (nSPS) is 14.1. The highest BCUT2D eigenvalue weighted by molar-refractivity contribution is 4.36. The van der Waals surface area contributed by atoms with Gasteiger partial charge in [0.05, 0.1) is 7.11 Å². The van der Waals surface area contributed by atoms with Crippen molar-refractivity contribution >= 4 is 0 Å². The third-order valence-corrected chi connectivity index (χ3v) is 0.568. The second-order valence-corrected chi connectivity index (χ2v) is 1.13. The molecular weight excluding hydrogens is 96.0 g/mol. The average molecular weight is 105 g/mol. The zero-order valence-corrected chi connectivity index (χ0v) is 4.00. The van der Waals surface area contributed by atoms with Gasteiger partial charge in [-0.25, -0.2) is 0 Å². The third-order valence-electron chi connectivity index (χ3n) is 0.568. The van der Waals surface area contributed by atoms with Crippen LogP contribution in [-0.2, 0) is 4.74 Å². The molecule has 0 saturated carbocycles. The van der Waals surface area contributed by atoms with Gasteiger partial charge in [0.15, 0.2) is 6.29 Å². The van der Waals surface area contributed by atoms with Crippen molar-refractivity contribution < 1.29 is 14.9 Å². The monoisotopic (exact) mass is 105 g/mol. The first-order valence-electron chi connectivity index (χ1n) is 2.01. The molecule has 43 valence electrons. The summed E-state index contributed by atoms with van der Waals surface area (Å²) in [5, 5.41) is 16.5. The molecule has 0 aromatic heterocycles. The topological polar surface area (TPSA) is 49.7 Å². The Balaban J connectivity index is 2.83. The van der Waals surface area contributed by atoms with E-state index in [4.69, 9.17) is 10.2 Å². The van der Waals surface area contributed by atoms with Crippen molar-refractivity contribution in [3.8, 4) is 0 Å². The largest absolute Gasteiger partial charge is 0.396 e. The maximum atomic E-state index is 8.41. The van der Waals surface area contributed by atoms with E-state index < -0.39 is 6.29 Å². The summed E-state index contributed by atoms with van der Waals surface area (Å²) in [7, 11) is 2.94. The van der Waals surface area contributed by atoms with Crippen LogP contribution in [0.2, 0.25) is 0 Å². The number of rotatable bonds is 3. The van der Waals surface area contributed by atoms with Gasteiger partial charge in [0.25, 0.3) is 0 Å². The first kappa shape index (κ1) is 6.88. The molecule has 0 aromatic rings. The SMILES string of the molecule is [CH2]OC(O)CCO. The highest BCUT2D eigenvalue weighted by Gasteiger charge is 1.95. The van der Waals surface area contributed by atoms with E-state index in [1.54, 1.807) is 0 Å². The summed E-state index contributed by atoms with van der Waals surface area (Å²) in [4.78, 5) is 0. The number of ether oxygens (including phenoxy) is 1. The molecular formula is C4H9O3. The molecule has 7 heavy (non-hydrogen) atoms. The molecule has 0 rings (SSSR count). The molecule has 3 nitrogen and oxygen atoms in total. The lowest BCUT2D eigenvalue weighted by Gasteiger charge is -2.02. The first-order chi connectivity index (χ1) is 3.31. The third kappa shape index (κ3) is 3.72. The maximum absolute atomic E-state index is 8.41. The van der Waals surface area contributed by atoms with Gasteiger partial charge in [-0.2, -0.15) is 0 Å². The summed E-state index contributed by atoms with van der Waals surface area (Å²) >= 11 is 0. The van der Waals surface area contributed by atoms with E-state index in [-0.39, 0.29) is 13.0 Å². The number of hydrogen-bond acceptors (Lipinski definition) is 3. The van der Waals surface area contributed by atoms with E-state index in [1.807, 2.05) is 0 Å². The number of aliphatic hydroxyl groups excluding tert-OH is 2. The van der Waals surface area contributed by atoms with E-state index >= 15 is 0 Å². The van der Waals surface area contributed by atoms with Crippen LogP contribution >= 0.6 is 0 Å². The molecule has 0 bridgehead atoms. The van der Waals surface area contributed by atoms with Gasteiger partial charge in [-0.05, 0) is 0 Å². The van der Waals surface area contributed by atoms with Crippen LogP contribution in [0, 0.1) is 7.11 Å². The van der Waals surface area contributed by atoms with Gasteiger partial charge >= 0.3 is 0 Å². The summed E-state index contributed by atoms with van der Waals surface area (Å²) in [5.41, 5.74) is 0. The average Bonchev–Trinajstić information content (AvgIpc) is 1.68. The Morgan fingerprint density at radius 3 is 2.43 bits per heavy atom. The fourth-order valence-electron chi connectivity index (χ4n) is 0.194. The molecule has 0 aliphatic heterocycles. The summed E-state index contributed by atoms with van der Waals surface area (Å²) in [6.07, 6.45) is -0.686. The van der Waals surface area contributed by atoms with Crippen LogP contribution in [0.3, 0.4) is 0 Å². The van der Waals surface area contributed by atoms with Gasteiger partial charge in [0, 0.05) is 13.0 Å². The summed E-state index contributed by atoms with van der Waals surface area (Å²) < 4.78 is 4.14. The Labute approximate surface area is 42.5 Å². The Bertz CT molecular complexity index is 37.9. The van der Waals surface area contributed by atoms with Gasteiger partial charge in [-0.15, -0.1) is 0 Å². The van der Waals surface area contributed by atoms with Crippen LogP contribution in [0.25, 0.3) is 0 Å². The standard InChI is InChI=1S/C4H9O3/c1-7-4(6)2-3-5/h4-6H,1-3H2. The van der Waals surface area contributed by atoms with E-state index in [0.29, 0.717) is 0 Å². The molecule has 1 radical (unpaired) electrons. The van der Waals surface area contributed by atoms with Crippen LogP contribution in [0.4, 0.5) is 0 Å². The van der Waals surface area contributed by atoms with Gasteiger partial charge in [-0.1, -0.05) is 0 Å². The van der Waals surface area contributed by atoms with Gasteiger partial charge in [0.1, 0.15) is 0 Å². The summed E-state index contributed by atoms with van der Waals surface area (Å²) in [6, 6.07) is 0. The van der Waals surface area contributed by atoms with E-state index in [2.05, 4.69) is 11.8 Å². The number of aliphatic hydroxyl groups is 2. The Kier molecular flexibility index (Phi) is 3.98. The smallest absolute Gasteiger partial charge is 0.156 e. The van der Waals surface area contributed by atoms with Crippen molar-refractivity contribution in [3.05, 3.63) is 7.11 Å². The Morgan fingerprint density at radius 2 is 2.29 bits per heavy atom. The van der Waals surface area contributed by atoms with Crippen molar-refractivity contribution in [1.29, 1.82) is 0 Å². The molecule has 0 amide bonds. The molecule has 0 saturated heterocycles. The molecule has 0 fully saturated rings. The van der Waals surface area contributed by atoms with Gasteiger partial charge in [-0.3, -0.25) is 0 Å². The first-order valence-corrected chi connectivity index (χ1v) is 2.01. The lowest BCUT2D eigenvalue weighted by atomic mass is 10.4. The molecule has 1 unspecified atom stereocenters. The lowest BCUT2D eigenvalue weighted by Crippen LogP contribution is -2.08. The zero-order chi connectivity index (χ0) is 5.70. The molecule has 0 heterocycles. The molecule has 0 aliphatic carbocycles. The predicted octanol–water partition coefficient (Wildman–Crippen LogP) is -0.505. The minimum Gasteiger partial charge on any atom is -0.396 e. The van der Waals surface area contributed by atoms with Crippen molar-refractivity contribution in [2.45, 2.75) is 12.7 Å². The molecule has 3 heteroatoms. The summed E-state index contributed by atoms with van der Waals surface area (Å²) in [6.45, 7) is -0.0727. The second kappa shape index (κ2) is 4.05. The van der Waals surface area contributed by atoms with Crippen molar-refractivity contribution in [2.75, 3.05) is 6.61 Å². The Hall–Kier alpha value is -0.120. The quantitative estimate of drug-likeness (QED) is 0.475. The van der Waals surface area contributed by atoms with Crippen molar-refractivity contribution in [2.24, 2.45) is 0 Å². The zero-order valence-electron chi connectivity index (χ0n) is 4.00. The number of hydrogen-bond donors (Lipinski definition) is 2. The minimum atomic E-state index is -0.912. The van der Waals surface area contributed by atoms with E-state index in [1.165, 1.54) is 0 Å². The molecule has 0 aromatic carbocycles. The van der Waals surface area contributed by atoms with Crippen LogP contribution in [0.15, 0.2) is 0 Å². The molecule has 2 N–H and O–H groups in total. The predicted molar refractivity (Wildman–Crippen MR) is 24.2 cm³/mol. The molecule has 1 atom stereocenters. The highest BCUT2D eigenvalue weighted by Crippen LogP contribution is 1.88.